The van der Waals surface area contributed by atoms with Crippen molar-refractivity contribution in [3.05, 3.63) is 45.6 Å². The van der Waals surface area contributed by atoms with E-state index in [1.165, 1.54) is 10.6 Å². The van der Waals surface area contributed by atoms with E-state index in [0.29, 0.717) is 27.7 Å². The fourth-order valence-electron chi connectivity index (χ4n) is 1.94. The normalized spacial score (nSPS) is 11.0. The molecule has 0 spiro atoms. The maximum Gasteiger partial charge on any atom is 0.420 e. The van der Waals surface area contributed by atoms with E-state index in [-0.39, 0.29) is 6.54 Å². The van der Waals surface area contributed by atoms with Crippen LogP contribution in [0.15, 0.2) is 38.0 Å². The molecule has 21 heavy (non-hydrogen) atoms. The number of carbonyl (C=O) groups is 1. The Morgan fingerprint density at radius 1 is 1.43 bits per heavy atom. The number of nitrogens with zero attached hydrogens (tertiary/aromatic N) is 2. The summed E-state index contributed by atoms with van der Waals surface area (Å²) >= 11 is 5.83. The first-order chi connectivity index (χ1) is 10.0. The molecule has 0 fully saturated rings. The highest BCUT2D eigenvalue weighted by atomic mass is 35.5. The van der Waals surface area contributed by atoms with Gasteiger partial charge in [-0.05, 0) is 19.1 Å². The number of carbonyl (C=O) groups excluding carboxylic acids is 1. The quantitative estimate of drug-likeness (QED) is 0.801. The first-order valence-corrected chi connectivity index (χ1v) is 6.43. The van der Waals surface area contributed by atoms with E-state index in [0.717, 1.165) is 0 Å². The van der Waals surface area contributed by atoms with Crippen LogP contribution in [0.1, 0.15) is 5.76 Å². The van der Waals surface area contributed by atoms with E-state index in [1.54, 1.807) is 25.1 Å². The highest BCUT2D eigenvalue weighted by Gasteiger charge is 2.14. The zero-order valence-corrected chi connectivity index (χ0v) is 11.7. The van der Waals surface area contributed by atoms with Crippen molar-refractivity contribution in [3.8, 4) is 0 Å². The molecule has 3 aromatic rings. The molecular weight excluding hydrogens is 298 g/mol. The lowest BCUT2D eigenvalue weighted by Gasteiger charge is -2.02. The van der Waals surface area contributed by atoms with E-state index >= 15 is 0 Å². The molecule has 0 saturated heterocycles. The fraction of sp³-hybridized carbons (Fsp3) is 0.154. The molecular formula is C13H10ClN3O4. The first-order valence-electron chi connectivity index (χ1n) is 6.05. The van der Waals surface area contributed by atoms with Crippen LogP contribution in [0, 0.1) is 6.92 Å². The molecule has 108 valence electrons. The summed E-state index contributed by atoms with van der Waals surface area (Å²) in [7, 11) is 0. The molecule has 0 unspecified atom stereocenters. The number of rotatable bonds is 3. The van der Waals surface area contributed by atoms with Crippen LogP contribution in [0.3, 0.4) is 0 Å². The van der Waals surface area contributed by atoms with Crippen LogP contribution in [0.25, 0.3) is 11.1 Å². The molecule has 1 N–H and O–H groups in total. The molecule has 3 rings (SSSR count). The van der Waals surface area contributed by atoms with Gasteiger partial charge in [-0.15, -0.1) is 0 Å². The summed E-state index contributed by atoms with van der Waals surface area (Å²) in [5, 5.41) is 6.63. The molecule has 2 heterocycles. The van der Waals surface area contributed by atoms with E-state index in [1.807, 2.05) is 0 Å². The molecule has 1 aromatic carbocycles. The predicted molar refractivity (Wildman–Crippen MR) is 75.4 cm³/mol. The SMILES string of the molecule is Cc1cc(NC(=O)Cn2c(=O)oc3cc(Cl)ccc32)no1. The lowest BCUT2D eigenvalue weighted by molar-refractivity contribution is -0.116. The van der Waals surface area contributed by atoms with Gasteiger partial charge in [0.25, 0.3) is 0 Å². The van der Waals surface area contributed by atoms with Crippen molar-refractivity contribution in [3.63, 3.8) is 0 Å². The fourth-order valence-corrected chi connectivity index (χ4v) is 2.10. The summed E-state index contributed by atoms with van der Waals surface area (Å²) in [6, 6.07) is 6.34. The number of fused-ring (bicyclic) bond motifs is 1. The topological polar surface area (TPSA) is 90.3 Å². The van der Waals surface area contributed by atoms with Gasteiger partial charge < -0.3 is 14.3 Å². The van der Waals surface area contributed by atoms with Gasteiger partial charge in [0.15, 0.2) is 11.4 Å². The van der Waals surface area contributed by atoms with Gasteiger partial charge in [0.05, 0.1) is 5.52 Å². The van der Waals surface area contributed by atoms with E-state index in [4.69, 9.17) is 20.5 Å². The smallest absolute Gasteiger partial charge is 0.408 e. The Bertz CT molecular complexity index is 877. The lowest BCUT2D eigenvalue weighted by Crippen LogP contribution is -2.24. The zero-order chi connectivity index (χ0) is 15.0. The molecule has 0 aliphatic heterocycles. The minimum absolute atomic E-state index is 0.195. The molecule has 0 atom stereocenters. The van der Waals surface area contributed by atoms with Crippen LogP contribution in [0.4, 0.5) is 5.82 Å². The van der Waals surface area contributed by atoms with E-state index in [9.17, 15) is 9.59 Å². The molecule has 0 radical (unpaired) electrons. The third-order valence-electron chi connectivity index (χ3n) is 2.83. The first kappa shape index (κ1) is 13.4. The molecule has 7 nitrogen and oxygen atoms in total. The minimum Gasteiger partial charge on any atom is -0.408 e. The van der Waals surface area contributed by atoms with Crippen molar-refractivity contribution in [1.82, 2.24) is 9.72 Å². The monoisotopic (exact) mass is 307 g/mol. The Morgan fingerprint density at radius 3 is 2.95 bits per heavy atom. The van der Waals surface area contributed by atoms with Crippen LogP contribution in [0.5, 0.6) is 0 Å². The number of anilines is 1. The maximum absolute atomic E-state index is 11.9. The number of amides is 1. The highest BCUT2D eigenvalue weighted by molar-refractivity contribution is 6.31. The minimum atomic E-state index is -0.626. The number of nitrogens with one attached hydrogen (secondary N) is 1. The standard InChI is InChI=1S/C13H10ClN3O4/c1-7-4-11(16-21-7)15-12(18)6-17-9-3-2-8(14)5-10(9)20-13(17)19/h2-5H,6H2,1H3,(H,15,16,18). The Kier molecular flexibility index (Phi) is 3.26. The van der Waals surface area contributed by atoms with Crippen LogP contribution in [-0.2, 0) is 11.3 Å². The van der Waals surface area contributed by atoms with Crippen molar-refractivity contribution < 1.29 is 13.7 Å². The number of hydrogen-bond acceptors (Lipinski definition) is 5. The van der Waals surface area contributed by atoms with E-state index in [2.05, 4.69) is 10.5 Å². The summed E-state index contributed by atoms with van der Waals surface area (Å²) in [5.41, 5.74) is 0.827. The van der Waals surface area contributed by atoms with E-state index < -0.39 is 11.7 Å². The largest absolute Gasteiger partial charge is 0.420 e. The summed E-state index contributed by atoms with van der Waals surface area (Å²) in [6.45, 7) is 1.51. The number of benzene rings is 1. The second-order valence-corrected chi connectivity index (χ2v) is 4.87. The molecule has 0 aliphatic rings. The van der Waals surface area contributed by atoms with Crippen molar-refractivity contribution in [2.45, 2.75) is 13.5 Å². The number of aromatic nitrogens is 2. The van der Waals surface area contributed by atoms with Crippen molar-refractivity contribution in [2.75, 3.05) is 5.32 Å². The Balaban J connectivity index is 1.86. The summed E-state index contributed by atoms with van der Waals surface area (Å²) in [4.78, 5) is 23.7. The van der Waals surface area contributed by atoms with Gasteiger partial charge in [0.1, 0.15) is 12.3 Å². The number of oxazole rings is 1. The van der Waals surface area contributed by atoms with Gasteiger partial charge in [-0.25, -0.2) is 4.79 Å². The third kappa shape index (κ3) is 2.68. The average Bonchev–Trinajstić information content (AvgIpc) is 2.94. The average molecular weight is 308 g/mol. The van der Waals surface area contributed by atoms with Crippen LogP contribution < -0.4 is 11.1 Å². The third-order valence-corrected chi connectivity index (χ3v) is 3.06. The highest BCUT2D eigenvalue weighted by Crippen LogP contribution is 2.18. The second kappa shape index (κ2) is 5.10. The van der Waals surface area contributed by atoms with Gasteiger partial charge in [0, 0.05) is 17.2 Å². The Morgan fingerprint density at radius 2 is 2.24 bits per heavy atom. The Labute approximate surface area is 123 Å². The molecule has 0 bridgehead atoms. The molecule has 0 saturated carbocycles. The number of halogens is 1. The molecule has 0 aliphatic carbocycles. The second-order valence-electron chi connectivity index (χ2n) is 4.44. The lowest BCUT2D eigenvalue weighted by atomic mass is 10.3. The molecule has 8 heteroatoms. The van der Waals surface area contributed by atoms with Gasteiger partial charge in [-0.1, -0.05) is 16.8 Å². The predicted octanol–water partition coefficient (Wildman–Crippen LogP) is 2.18. The summed E-state index contributed by atoms with van der Waals surface area (Å²) < 4.78 is 11.1. The van der Waals surface area contributed by atoms with Crippen LogP contribution >= 0.6 is 11.6 Å². The van der Waals surface area contributed by atoms with Gasteiger partial charge in [-0.3, -0.25) is 9.36 Å². The summed E-state index contributed by atoms with van der Waals surface area (Å²) in [5.74, 6) is -0.172. The zero-order valence-electron chi connectivity index (χ0n) is 10.9. The van der Waals surface area contributed by atoms with Crippen molar-refractivity contribution in [2.24, 2.45) is 0 Å². The van der Waals surface area contributed by atoms with Crippen molar-refractivity contribution >= 4 is 34.4 Å². The number of aryl methyl sites for hydroxylation is 1. The molecule has 1 amide bonds. The van der Waals surface area contributed by atoms with Gasteiger partial charge in [0.2, 0.25) is 5.91 Å². The van der Waals surface area contributed by atoms with Crippen LogP contribution in [-0.4, -0.2) is 15.6 Å². The maximum atomic E-state index is 11.9. The van der Waals surface area contributed by atoms with Gasteiger partial charge >= 0.3 is 5.76 Å². The van der Waals surface area contributed by atoms with Crippen LogP contribution in [0.2, 0.25) is 5.02 Å². The number of hydrogen-bond donors (Lipinski definition) is 1. The van der Waals surface area contributed by atoms with Gasteiger partial charge in [-0.2, -0.15) is 0 Å². The van der Waals surface area contributed by atoms with Crippen molar-refractivity contribution in [1.29, 1.82) is 0 Å². The summed E-state index contributed by atoms with van der Waals surface area (Å²) in [6.07, 6.45) is 0. The Hall–Kier alpha value is -2.54. The molecule has 2 aromatic heterocycles.